The van der Waals surface area contributed by atoms with E-state index in [1.807, 2.05) is 22.7 Å². The Morgan fingerprint density at radius 3 is 1.32 bits per heavy atom. The summed E-state index contributed by atoms with van der Waals surface area (Å²) in [4.78, 5) is 9.79. The van der Waals surface area contributed by atoms with Crippen LogP contribution in [0.5, 0.6) is 0 Å². The SMILES string of the molecule is CCCCCCCCCCC(CCCCCCCC)Cc1cc(-c2c(F)c(Cl)c(-c3cc(CC(CCCCCCCC)CCCCCCCCCC)c(-c4ccc(-c5ccc(C)s5)s4)s3)c3nsnc23)sc1C. The lowest BCUT2D eigenvalue weighted by molar-refractivity contribution is 0.400. The van der Waals surface area contributed by atoms with Crippen LogP contribution in [0.4, 0.5) is 4.39 Å². The standard InChI is InChI=1S/C64H94ClFN2S5/c1-7-11-15-19-23-25-29-33-36-49(35-31-27-21-17-13-9-3)43-51-45-57(70-48(51)6)59-61(66)60(65)58(62-63(59)68-73-67-62)56-46-52(64(72-56)55-42-41-54(71-55)53-40-39-47(5)69-53)44-50(37-32-28-22-18-14-10-4)38-34-30-26-24-20-16-12-8-2/h39-42,45-46,49-50H,7-38,43-44H2,1-6H3. The number of hydrogen-bond donors (Lipinski definition) is 0. The smallest absolute Gasteiger partial charge is 0.153 e. The van der Waals surface area contributed by atoms with Crippen molar-refractivity contribution in [1.82, 2.24) is 8.75 Å². The van der Waals surface area contributed by atoms with E-state index >= 15 is 4.39 Å². The second-order valence-electron chi connectivity index (χ2n) is 21.9. The highest BCUT2D eigenvalue weighted by molar-refractivity contribution is 7.27. The quantitative estimate of drug-likeness (QED) is 0.0358. The second kappa shape index (κ2) is 34.1. The van der Waals surface area contributed by atoms with Crippen molar-refractivity contribution >= 4 is 79.7 Å². The minimum Gasteiger partial charge on any atom is -0.205 e. The maximum absolute atomic E-state index is 17.5. The minimum absolute atomic E-state index is 0.182. The zero-order valence-electron chi connectivity index (χ0n) is 46.4. The van der Waals surface area contributed by atoms with E-state index in [2.05, 4.69) is 77.9 Å². The van der Waals surface area contributed by atoms with Crippen LogP contribution in [0.15, 0.2) is 36.4 Å². The first-order chi connectivity index (χ1) is 35.8. The Kier molecular flexibility index (Phi) is 28.1. The largest absolute Gasteiger partial charge is 0.205 e. The van der Waals surface area contributed by atoms with E-state index in [-0.39, 0.29) is 10.8 Å². The van der Waals surface area contributed by atoms with E-state index in [1.165, 1.54) is 258 Å². The molecule has 2 nitrogen and oxygen atoms in total. The van der Waals surface area contributed by atoms with Crippen LogP contribution >= 0.6 is 68.7 Å². The van der Waals surface area contributed by atoms with E-state index in [9.17, 15) is 0 Å². The fourth-order valence-corrected chi connectivity index (χ4v) is 16.5. The van der Waals surface area contributed by atoms with Crippen molar-refractivity contribution in [2.75, 3.05) is 0 Å². The molecule has 0 amide bonds. The number of fused-ring (bicyclic) bond motifs is 1. The predicted octanol–water partition coefficient (Wildman–Crippen LogP) is 24.9. The zero-order valence-corrected chi connectivity index (χ0v) is 51.2. The van der Waals surface area contributed by atoms with Gasteiger partial charge in [-0.2, -0.15) is 8.75 Å². The van der Waals surface area contributed by atoms with Gasteiger partial charge in [0.25, 0.3) is 0 Å². The molecule has 0 aliphatic rings. The molecule has 6 aromatic rings. The van der Waals surface area contributed by atoms with Gasteiger partial charge in [-0.15, -0.1) is 45.3 Å². The van der Waals surface area contributed by atoms with Crippen molar-refractivity contribution in [3.05, 3.63) is 68.1 Å². The maximum Gasteiger partial charge on any atom is 0.153 e. The average molecular weight is 1110 g/mol. The van der Waals surface area contributed by atoms with Gasteiger partial charge in [0.05, 0.1) is 22.3 Å². The predicted molar refractivity (Wildman–Crippen MR) is 330 cm³/mol. The monoisotopic (exact) mass is 1100 g/mol. The first-order valence-electron chi connectivity index (χ1n) is 29.8. The van der Waals surface area contributed by atoms with Gasteiger partial charge in [0.1, 0.15) is 11.0 Å². The number of nitrogens with zero attached hydrogens (tertiary/aromatic N) is 2. The third kappa shape index (κ3) is 19.2. The Balaban J connectivity index is 1.28. The number of aryl methyl sites for hydroxylation is 2. The van der Waals surface area contributed by atoms with Gasteiger partial charge in [0.15, 0.2) is 5.82 Å². The van der Waals surface area contributed by atoms with E-state index in [0.717, 1.165) is 28.1 Å². The van der Waals surface area contributed by atoms with Crippen molar-refractivity contribution < 1.29 is 4.39 Å². The molecule has 0 aliphatic carbocycles. The number of halogens is 2. The van der Waals surface area contributed by atoms with Gasteiger partial charge in [-0.05, 0) is 86.1 Å². The summed E-state index contributed by atoms with van der Waals surface area (Å²) in [6.07, 6.45) is 44.8. The lowest BCUT2D eigenvalue weighted by Gasteiger charge is -2.17. The Labute approximate surface area is 469 Å². The van der Waals surface area contributed by atoms with Crippen LogP contribution in [-0.2, 0) is 12.8 Å². The summed E-state index contributed by atoms with van der Waals surface area (Å²) in [5.41, 5.74) is 5.37. The molecule has 0 saturated heterocycles. The lowest BCUT2D eigenvalue weighted by atomic mass is 9.88. The van der Waals surface area contributed by atoms with E-state index < -0.39 is 0 Å². The van der Waals surface area contributed by atoms with E-state index in [1.54, 1.807) is 22.7 Å². The molecule has 5 aromatic heterocycles. The Bertz CT molecular complexity index is 2430. The van der Waals surface area contributed by atoms with Crippen molar-refractivity contribution in [3.8, 4) is 40.4 Å². The molecule has 6 rings (SSSR count). The van der Waals surface area contributed by atoms with E-state index in [0.29, 0.717) is 28.5 Å². The van der Waals surface area contributed by atoms with Crippen LogP contribution in [-0.4, -0.2) is 8.75 Å². The molecule has 2 unspecified atom stereocenters. The number of unbranched alkanes of at least 4 members (excludes halogenated alkanes) is 24. The Hall–Kier alpha value is -1.94. The second-order valence-corrected chi connectivity index (χ2v) is 27.4. The van der Waals surface area contributed by atoms with Crippen molar-refractivity contribution in [2.45, 2.75) is 260 Å². The highest BCUT2D eigenvalue weighted by atomic mass is 35.5. The fraction of sp³-hybridized carbons (Fsp3) is 0.656. The normalized spacial score (nSPS) is 12.8. The number of thiophene rings is 4. The zero-order chi connectivity index (χ0) is 51.6. The van der Waals surface area contributed by atoms with Crippen LogP contribution in [0.3, 0.4) is 0 Å². The van der Waals surface area contributed by atoms with Crippen molar-refractivity contribution in [3.63, 3.8) is 0 Å². The lowest BCUT2D eigenvalue weighted by Crippen LogP contribution is -2.05. The first-order valence-corrected chi connectivity index (χ1v) is 34.2. The molecule has 0 aliphatic heterocycles. The summed E-state index contributed by atoms with van der Waals surface area (Å²) in [5.74, 6) is 0.918. The molecular formula is C64H94ClFN2S5. The van der Waals surface area contributed by atoms with Gasteiger partial charge in [0.2, 0.25) is 0 Å². The molecule has 0 N–H and O–H groups in total. The van der Waals surface area contributed by atoms with Crippen LogP contribution in [0.1, 0.15) is 254 Å². The highest BCUT2D eigenvalue weighted by Gasteiger charge is 2.28. The van der Waals surface area contributed by atoms with Crippen LogP contribution < -0.4 is 0 Å². The number of aromatic nitrogens is 2. The van der Waals surface area contributed by atoms with Gasteiger partial charge in [0, 0.05) is 44.6 Å². The summed E-state index contributed by atoms with van der Waals surface area (Å²) in [5, 5.41) is 0.182. The molecule has 0 radical (unpaired) electrons. The maximum atomic E-state index is 17.5. The highest BCUT2D eigenvalue weighted by Crippen LogP contribution is 2.51. The molecule has 404 valence electrons. The van der Waals surface area contributed by atoms with Crippen LogP contribution in [0.2, 0.25) is 5.02 Å². The van der Waals surface area contributed by atoms with Gasteiger partial charge < -0.3 is 0 Å². The minimum atomic E-state index is -0.356. The Morgan fingerprint density at radius 1 is 0.438 bits per heavy atom. The summed E-state index contributed by atoms with van der Waals surface area (Å²) in [7, 11) is 0. The van der Waals surface area contributed by atoms with Gasteiger partial charge in [-0.3, -0.25) is 0 Å². The molecule has 0 saturated carbocycles. The topological polar surface area (TPSA) is 25.8 Å². The summed E-state index contributed by atoms with van der Waals surface area (Å²) in [6, 6.07) is 13.8. The molecule has 0 fully saturated rings. The molecule has 2 atom stereocenters. The number of rotatable bonds is 40. The molecule has 1 aromatic carbocycles. The van der Waals surface area contributed by atoms with Crippen molar-refractivity contribution in [2.24, 2.45) is 11.8 Å². The molecular weight excluding hydrogens is 1010 g/mol. The van der Waals surface area contributed by atoms with E-state index in [4.69, 9.17) is 20.3 Å². The van der Waals surface area contributed by atoms with Crippen LogP contribution in [0, 0.1) is 31.5 Å². The summed E-state index contributed by atoms with van der Waals surface area (Å²) >= 11 is 15.8. The summed E-state index contributed by atoms with van der Waals surface area (Å²) in [6.45, 7) is 13.6. The van der Waals surface area contributed by atoms with Crippen molar-refractivity contribution in [1.29, 1.82) is 0 Å². The summed E-state index contributed by atoms with van der Waals surface area (Å²) < 4.78 is 27.3. The molecule has 5 heterocycles. The Morgan fingerprint density at radius 2 is 0.836 bits per heavy atom. The fourth-order valence-electron chi connectivity index (χ4n) is 11.2. The average Bonchev–Trinajstić information content (AvgIpc) is 4.26. The third-order valence-electron chi connectivity index (χ3n) is 15.6. The van der Waals surface area contributed by atoms with Gasteiger partial charge in [-0.25, -0.2) is 4.39 Å². The molecule has 0 spiro atoms. The third-order valence-corrected chi connectivity index (χ3v) is 21.3. The van der Waals surface area contributed by atoms with Gasteiger partial charge >= 0.3 is 0 Å². The number of benzene rings is 1. The molecule has 0 bridgehead atoms. The molecule has 73 heavy (non-hydrogen) atoms. The number of hydrogen-bond acceptors (Lipinski definition) is 7. The van der Waals surface area contributed by atoms with Crippen LogP contribution in [0.25, 0.3) is 51.4 Å². The molecule has 9 heteroatoms. The first kappa shape index (κ1) is 60.3. The van der Waals surface area contributed by atoms with Gasteiger partial charge in [-0.1, -0.05) is 245 Å².